The van der Waals surface area contributed by atoms with Crippen LogP contribution in [-0.4, -0.2) is 5.11 Å². The van der Waals surface area contributed by atoms with Crippen LogP contribution in [0.25, 0.3) is 0 Å². The Morgan fingerprint density at radius 1 is 1.50 bits per heavy atom. The smallest absolute Gasteiger partial charge is 0.0803 e. The van der Waals surface area contributed by atoms with E-state index in [-0.39, 0.29) is 6.10 Å². The Hall–Kier alpha value is -0.340. The van der Waals surface area contributed by atoms with Gasteiger partial charge in [0.25, 0.3) is 0 Å². The van der Waals surface area contributed by atoms with Crippen LogP contribution in [0.15, 0.2) is 6.07 Å². The maximum atomic E-state index is 10.1. The minimum absolute atomic E-state index is 0.217. The van der Waals surface area contributed by atoms with Crippen molar-refractivity contribution in [1.29, 1.82) is 0 Å². The van der Waals surface area contributed by atoms with Gasteiger partial charge in [-0.05, 0) is 37.8 Å². The van der Waals surface area contributed by atoms with Gasteiger partial charge in [0.15, 0.2) is 0 Å². The summed E-state index contributed by atoms with van der Waals surface area (Å²) in [4.78, 5) is 2.60. The molecule has 2 heteroatoms. The van der Waals surface area contributed by atoms with Gasteiger partial charge in [-0.1, -0.05) is 19.3 Å². The van der Waals surface area contributed by atoms with Crippen molar-refractivity contribution in [1.82, 2.24) is 0 Å². The molecule has 0 aromatic carbocycles. The van der Waals surface area contributed by atoms with Crippen molar-refractivity contribution in [2.45, 2.75) is 45.6 Å². The molecule has 1 aliphatic rings. The Labute approximate surface area is 89.8 Å². The van der Waals surface area contributed by atoms with E-state index in [0.29, 0.717) is 0 Å². The predicted molar refractivity (Wildman–Crippen MR) is 60.7 cm³/mol. The number of thiophene rings is 1. The van der Waals surface area contributed by atoms with E-state index in [4.69, 9.17) is 0 Å². The summed E-state index contributed by atoms with van der Waals surface area (Å²) in [5.74, 6) is 0.782. The van der Waals surface area contributed by atoms with E-state index in [1.807, 2.05) is 0 Å². The summed E-state index contributed by atoms with van der Waals surface area (Å²) in [7, 11) is 0. The molecule has 1 fully saturated rings. The molecule has 78 valence electrons. The molecule has 1 saturated carbocycles. The van der Waals surface area contributed by atoms with E-state index in [1.54, 1.807) is 11.3 Å². The van der Waals surface area contributed by atoms with Gasteiger partial charge in [0, 0.05) is 9.75 Å². The Morgan fingerprint density at radius 3 is 2.64 bits per heavy atom. The Bertz CT molecular complexity index is 312. The van der Waals surface area contributed by atoms with Gasteiger partial charge in [-0.3, -0.25) is 0 Å². The lowest BCUT2D eigenvalue weighted by Crippen LogP contribution is -2.14. The van der Waals surface area contributed by atoms with Crippen LogP contribution in [0.3, 0.4) is 0 Å². The summed E-state index contributed by atoms with van der Waals surface area (Å²) in [5, 5.41) is 10.1. The number of aliphatic hydroxyl groups excluding tert-OH is 1. The molecular weight excluding hydrogens is 192 g/mol. The maximum Gasteiger partial charge on any atom is 0.0803 e. The van der Waals surface area contributed by atoms with Crippen LogP contribution in [0.1, 0.15) is 47.1 Å². The highest BCUT2D eigenvalue weighted by atomic mass is 32.1. The number of hydrogen-bond donors (Lipinski definition) is 1. The van der Waals surface area contributed by atoms with Crippen molar-refractivity contribution in [3.8, 4) is 0 Å². The van der Waals surface area contributed by atoms with Crippen LogP contribution < -0.4 is 0 Å². The van der Waals surface area contributed by atoms with Gasteiger partial charge in [-0.2, -0.15) is 0 Å². The molecule has 0 spiro atoms. The average molecular weight is 210 g/mol. The normalized spacial score (nSPS) is 19.4. The third-order valence-electron chi connectivity index (χ3n) is 3.22. The van der Waals surface area contributed by atoms with Crippen LogP contribution >= 0.6 is 11.3 Å². The molecule has 1 N–H and O–H groups in total. The molecule has 14 heavy (non-hydrogen) atoms. The van der Waals surface area contributed by atoms with E-state index < -0.39 is 0 Å². The largest absolute Gasteiger partial charge is 0.388 e. The molecule has 0 saturated heterocycles. The first kappa shape index (κ1) is 10.2. The van der Waals surface area contributed by atoms with Gasteiger partial charge in [0.1, 0.15) is 0 Å². The number of aryl methyl sites for hydroxylation is 2. The minimum atomic E-state index is -0.217. The standard InChI is InChI=1S/C12H18OS/c1-8-6-11(9(2)14-8)12(13)7-10-4-3-5-10/h6,10,12-13H,3-5,7H2,1-2H3. The first-order valence-electron chi connectivity index (χ1n) is 5.42. The summed E-state index contributed by atoms with van der Waals surface area (Å²) < 4.78 is 0. The van der Waals surface area contributed by atoms with E-state index in [0.717, 1.165) is 12.3 Å². The molecule has 2 rings (SSSR count). The van der Waals surface area contributed by atoms with Crippen molar-refractivity contribution in [3.05, 3.63) is 21.4 Å². The molecule has 1 aromatic rings. The Morgan fingerprint density at radius 2 is 2.21 bits per heavy atom. The monoisotopic (exact) mass is 210 g/mol. The zero-order chi connectivity index (χ0) is 10.1. The Kier molecular flexibility index (Phi) is 2.93. The topological polar surface area (TPSA) is 20.2 Å². The van der Waals surface area contributed by atoms with E-state index >= 15 is 0 Å². The highest BCUT2D eigenvalue weighted by molar-refractivity contribution is 7.12. The van der Waals surface area contributed by atoms with Crippen LogP contribution in [0.2, 0.25) is 0 Å². The quantitative estimate of drug-likeness (QED) is 0.808. The van der Waals surface area contributed by atoms with Crippen LogP contribution in [0.5, 0.6) is 0 Å². The van der Waals surface area contributed by atoms with Gasteiger partial charge >= 0.3 is 0 Å². The lowest BCUT2D eigenvalue weighted by Gasteiger charge is -2.27. The van der Waals surface area contributed by atoms with Crippen molar-refractivity contribution in [2.24, 2.45) is 5.92 Å². The van der Waals surface area contributed by atoms with Gasteiger partial charge in [-0.15, -0.1) is 11.3 Å². The summed E-state index contributed by atoms with van der Waals surface area (Å²) in [6.45, 7) is 4.22. The number of hydrogen-bond acceptors (Lipinski definition) is 2. The van der Waals surface area contributed by atoms with Crippen molar-refractivity contribution in [2.75, 3.05) is 0 Å². The third kappa shape index (κ3) is 2.01. The van der Waals surface area contributed by atoms with Gasteiger partial charge in [-0.25, -0.2) is 0 Å². The molecule has 0 bridgehead atoms. The van der Waals surface area contributed by atoms with Crippen LogP contribution in [0.4, 0.5) is 0 Å². The summed E-state index contributed by atoms with van der Waals surface area (Å²) in [6.07, 6.45) is 4.75. The van der Waals surface area contributed by atoms with Crippen molar-refractivity contribution in [3.63, 3.8) is 0 Å². The van der Waals surface area contributed by atoms with Gasteiger partial charge in [0.2, 0.25) is 0 Å². The molecule has 1 aromatic heterocycles. The molecular formula is C12H18OS. The Balaban J connectivity index is 2.02. The zero-order valence-electron chi connectivity index (χ0n) is 8.92. The van der Waals surface area contributed by atoms with Gasteiger partial charge < -0.3 is 5.11 Å². The molecule has 1 unspecified atom stereocenters. The molecule has 1 atom stereocenters. The second-order valence-corrected chi connectivity index (χ2v) is 5.88. The summed E-state index contributed by atoms with van der Waals surface area (Å²) in [5.41, 5.74) is 1.17. The second-order valence-electron chi connectivity index (χ2n) is 4.42. The SMILES string of the molecule is Cc1cc(C(O)CC2CCC2)c(C)s1. The van der Waals surface area contributed by atoms with Gasteiger partial charge in [0.05, 0.1) is 6.10 Å². The fourth-order valence-corrected chi connectivity index (χ4v) is 3.13. The molecule has 1 nitrogen and oxygen atoms in total. The zero-order valence-corrected chi connectivity index (χ0v) is 9.73. The van der Waals surface area contributed by atoms with Crippen molar-refractivity contribution < 1.29 is 5.11 Å². The van der Waals surface area contributed by atoms with E-state index in [1.165, 1.54) is 34.6 Å². The summed E-state index contributed by atoms with van der Waals surface area (Å²) in [6, 6.07) is 2.14. The van der Waals surface area contributed by atoms with Crippen LogP contribution in [-0.2, 0) is 0 Å². The number of aliphatic hydroxyl groups is 1. The highest BCUT2D eigenvalue weighted by Crippen LogP contribution is 2.37. The molecule has 0 aliphatic heterocycles. The average Bonchev–Trinajstić information content (AvgIpc) is 2.37. The molecule has 1 heterocycles. The van der Waals surface area contributed by atoms with E-state index in [9.17, 15) is 5.11 Å². The number of rotatable bonds is 3. The lowest BCUT2D eigenvalue weighted by atomic mass is 9.80. The highest BCUT2D eigenvalue weighted by Gasteiger charge is 2.23. The van der Waals surface area contributed by atoms with E-state index in [2.05, 4.69) is 19.9 Å². The third-order valence-corrected chi connectivity index (χ3v) is 4.20. The fraction of sp³-hybridized carbons (Fsp3) is 0.667. The first-order chi connectivity index (χ1) is 6.66. The predicted octanol–water partition coefficient (Wildman–Crippen LogP) is 3.59. The first-order valence-corrected chi connectivity index (χ1v) is 6.23. The molecule has 1 aliphatic carbocycles. The van der Waals surface area contributed by atoms with Crippen molar-refractivity contribution >= 4 is 11.3 Å². The minimum Gasteiger partial charge on any atom is -0.388 e. The molecule has 0 radical (unpaired) electrons. The van der Waals surface area contributed by atoms with Crippen LogP contribution in [0, 0.1) is 19.8 Å². The fourth-order valence-electron chi connectivity index (χ4n) is 2.15. The molecule has 0 amide bonds. The maximum absolute atomic E-state index is 10.1. The lowest BCUT2D eigenvalue weighted by molar-refractivity contribution is 0.118. The summed E-state index contributed by atoms with van der Waals surface area (Å²) >= 11 is 1.79. The second kappa shape index (κ2) is 4.03.